The van der Waals surface area contributed by atoms with E-state index in [2.05, 4.69) is 40.1 Å². The summed E-state index contributed by atoms with van der Waals surface area (Å²) in [7, 11) is 0. The minimum absolute atomic E-state index is 0.146. The van der Waals surface area contributed by atoms with Crippen LogP contribution in [0.15, 0.2) is 29.3 Å². The van der Waals surface area contributed by atoms with Gasteiger partial charge in [-0.15, -0.1) is 5.10 Å². The van der Waals surface area contributed by atoms with E-state index < -0.39 is 0 Å². The van der Waals surface area contributed by atoms with E-state index in [4.69, 9.17) is 0 Å². The average Bonchev–Trinajstić information content (AvgIpc) is 3.01. The quantitative estimate of drug-likeness (QED) is 0.686. The van der Waals surface area contributed by atoms with Crippen LogP contribution in [0.3, 0.4) is 0 Å². The predicted octanol–water partition coefficient (Wildman–Crippen LogP) is 1.94. The van der Waals surface area contributed by atoms with Gasteiger partial charge in [0.15, 0.2) is 11.2 Å². The van der Waals surface area contributed by atoms with Gasteiger partial charge in [-0.25, -0.2) is 4.98 Å². The van der Waals surface area contributed by atoms with Crippen molar-refractivity contribution in [2.24, 2.45) is 0 Å². The first-order chi connectivity index (χ1) is 12.0. The summed E-state index contributed by atoms with van der Waals surface area (Å²) in [5.41, 5.74) is 3.79. The molecule has 0 spiro atoms. The molecule has 0 atom stereocenters. The van der Waals surface area contributed by atoms with Gasteiger partial charge in [0.25, 0.3) is 5.56 Å². The van der Waals surface area contributed by atoms with E-state index in [0.717, 1.165) is 36.4 Å². The van der Waals surface area contributed by atoms with E-state index in [9.17, 15) is 4.79 Å². The highest BCUT2D eigenvalue weighted by Gasteiger charge is 2.14. The Hall–Kier alpha value is -2.54. The fourth-order valence-corrected chi connectivity index (χ4v) is 3.04. The van der Waals surface area contributed by atoms with E-state index in [1.54, 1.807) is 15.6 Å². The van der Waals surface area contributed by atoms with Gasteiger partial charge in [0.05, 0.1) is 5.69 Å². The minimum atomic E-state index is -0.146. The Morgan fingerprint density at radius 1 is 1.08 bits per heavy atom. The van der Waals surface area contributed by atoms with Crippen LogP contribution in [0.5, 0.6) is 0 Å². The molecule has 3 aromatic rings. The van der Waals surface area contributed by atoms with Gasteiger partial charge in [-0.1, -0.05) is 25.1 Å². The zero-order chi connectivity index (χ0) is 18.0. The fourth-order valence-electron chi connectivity index (χ4n) is 3.04. The molecule has 0 N–H and O–H groups in total. The van der Waals surface area contributed by atoms with Crippen molar-refractivity contribution < 1.29 is 0 Å². The Morgan fingerprint density at radius 3 is 2.40 bits per heavy atom. The van der Waals surface area contributed by atoms with Gasteiger partial charge < -0.3 is 4.90 Å². The summed E-state index contributed by atoms with van der Waals surface area (Å²) in [5.74, 6) is 0. The smallest absolute Gasteiger partial charge is 0.283 e. The summed E-state index contributed by atoms with van der Waals surface area (Å²) in [6.07, 6.45) is 1.59. The summed E-state index contributed by atoms with van der Waals surface area (Å²) in [5, 5.41) is 8.24. The molecular formula is C18H24N6O. The molecule has 0 aliphatic carbocycles. The third-order valence-corrected chi connectivity index (χ3v) is 4.43. The van der Waals surface area contributed by atoms with E-state index in [0.29, 0.717) is 17.7 Å². The van der Waals surface area contributed by atoms with Crippen molar-refractivity contribution in [1.82, 2.24) is 29.4 Å². The number of fused-ring (bicyclic) bond motifs is 1. The zero-order valence-electron chi connectivity index (χ0n) is 15.2. The van der Waals surface area contributed by atoms with Crippen LogP contribution in [0, 0.1) is 13.8 Å². The lowest BCUT2D eigenvalue weighted by atomic mass is 10.1. The molecule has 132 valence electrons. The lowest BCUT2D eigenvalue weighted by Gasteiger charge is -2.18. The highest BCUT2D eigenvalue weighted by Crippen LogP contribution is 2.15. The van der Waals surface area contributed by atoms with Crippen molar-refractivity contribution in [3.63, 3.8) is 0 Å². The second-order valence-corrected chi connectivity index (χ2v) is 6.29. The maximum atomic E-state index is 12.7. The van der Waals surface area contributed by atoms with Crippen LogP contribution in [0.25, 0.3) is 16.9 Å². The molecule has 0 saturated heterocycles. The first-order valence-corrected chi connectivity index (χ1v) is 8.65. The van der Waals surface area contributed by atoms with Crippen molar-refractivity contribution in [3.05, 3.63) is 46.0 Å². The van der Waals surface area contributed by atoms with Crippen molar-refractivity contribution in [2.45, 2.75) is 34.2 Å². The molecule has 0 amide bonds. The number of nitrogens with zero attached hydrogens (tertiary/aromatic N) is 6. The molecule has 0 aliphatic heterocycles. The zero-order valence-corrected chi connectivity index (χ0v) is 15.2. The largest absolute Gasteiger partial charge is 0.302 e. The van der Waals surface area contributed by atoms with E-state index in [-0.39, 0.29) is 5.56 Å². The maximum Gasteiger partial charge on any atom is 0.283 e. The highest BCUT2D eigenvalue weighted by atomic mass is 16.1. The number of hydrogen-bond acceptors (Lipinski definition) is 5. The Balaban J connectivity index is 1.98. The maximum absolute atomic E-state index is 12.7. The van der Waals surface area contributed by atoms with Crippen LogP contribution in [-0.4, -0.2) is 49.1 Å². The molecule has 7 heteroatoms. The van der Waals surface area contributed by atoms with Crippen LogP contribution in [0.4, 0.5) is 0 Å². The minimum Gasteiger partial charge on any atom is -0.302 e. The molecule has 25 heavy (non-hydrogen) atoms. The summed E-state index contributed by atoms with van der Waals surface area (Å²) in [6.45, 7) is 11.6. The average molecular weight is 340 g/mol. The first-order valence-electron chi connectivity index (χ1n) is 8.65. The lowest BCUT2D eigenvalue weighted by Crippen LogP contribution is -2.31. The molecule has 0 bridgehead atoms. The topological polar surface area (TPSA) is 68.8 Å². The molecule has 0 unspecified atom stereocenters. The third-order valence-electron chi connectivity index (χ3n) is 4.43. The lowest BCUT2D eigenvalue weighted by molar-refractivity contribution is 0.289. The van der Waals surface area contributed by atoms with Gasteiger partial charge in [-0.3, -0.25) is 9.36 Å². The molecule has 0 saturated carbocycles. The molecular weight excluding hydrogens is 316 g/mol. The number of aryl methyl sites for hydroxylation is 2. The monoisotopic (exact) mass is 340 g/mol. The van der Waals surface area contributed by atoms with Crippen LogP contribution in [0.2, 0.25) is 0 Å². The number of hydrogen-bond donors (Lipinski definition) is 0. The first kappa shape index (κ1) is 17.3. The van der Waals surface area contributed by atoms with Crippen molar-refractivity contribution in [3.8, 4) is 5.69 Å². The molecule has 7 nitrogen and oxygen atoms in total. The molecule has 0 fully saturated rings. The van der Waals surface area contributed by atoms with Crippen molar-refractivity contribution in [2.75, 3.05) is 19.6 Å². The molecule has 2 heterocycles. The second-order valence-electron chi connectivity index (χ2n) is 6.29. The third kappa shape index (κ3) is 3.46. The number of rotatable bonds is 6. The van der Waals surface area contributed by atoms with Gasteiger partial charge >= 0.3 is 0 Å². The highest BCUT2D eigenvalue weighted by molar-refractivity contribution is 5.70. The van der Waals surface area contributed by atoms with E-state index >= 15 is 0 Å². The number of likely N-dealkylation sites (N-methyl/N-ethyl adjacent to an activating group) is 1. The van der Waals surface area contributed by atoms with Crippen LogP contribution in [-0.2, 0) is 6.54 Å². The number of benzene rings is 1. The normalized spacial score (nSPS) is 11.6. The summed E-state index contributed by atoms with van der Waals surface area (Å²) < 4.78 is 3.24. The van der Waals surface area contributed by atoms with Gasteiger partial charge in [-0.2, -0.15) is 4.68 Å². The molecule has 1 aromatic carbocycles. The Labute approximate surface area is 146 Å². The molecule has 2 aromatic heterocycles. The summed E-state index contributed by atoms with van der Waals surface area (Å²) >= 11 is 0. The van der Waals surface area contributed by atoms with Crippen LogP contribution >= 0.6 is 0 Å². The van der Waals surface area contributed by atoms with Crippen molar-refractivity contribution in [1.29, 1.82) is 0 Å². The standard InChI is InChI=1S/C18H24N6O/c1-5-22(6-2)7-8-23-12-19-17-16(18(23)25)20-21-24(17)15-10-13(3)9-14(4)11-15/h9-12H,5-8H2,1-4H3. The Bertz CT molecular complexity index is 918. The van der Waals surface area contributed by atoms with Gasteiger partial charge in [-0.05, 0) is 50.2 Å². The Kier molecular flexibility index (Phi) is 4.94. The van der Waals surface area contributed by atoms with Gasteiger partial charge in [0.2, 0.25) is 0 Å². The summed E-state index contributed by atoms with van der Waals surface area (Å²) in [4.78, 5) is 19.4. The van der Waals surface area contributed by atoms with Gasteiger partial charge in [0.1, 0.15) is 6.33 Å². The van der Waals surface area contributed by atoms with E-state index in [1.165, 1.54) is 0 Å². The predicted molar refractivity (Wildman–Crippen MR) is 98.2 cm³/mol. The van der Waals surface area contributed by atoms with Crippen molar-refractivity contribution >= 4 is 11.2 Å². The van der Waals surface area contributed by atoms with Crippen LogP contribution in [0.1, 0.15) is 25.0 Å². The summed E-state index contributed by atoms with van der Waals surface area (Å²) in [6, 6.07) is 6.11. The SMILES string of the molecule is CCN(CC)CCn1cnc2c(nnn2-c2cc(C)cc(C)c2)c1=O. The Morgan fingerprint density at radius 2 is 1.76 bits per heavy atom. The van der Waals surface area contributed by atoms with E-state index in [1.807, 2.05) is 26.0 Å². The molecule has 0 radical (unpaired) electrons. The molecule has 0 aliphatic rings. The number of aromatic nitrogens is 5. The second kappa shape index (κ2) is 7.14. The fraction of sp³-hybridized carbons (Fsp3) is 0.444. The van der Waals surface area contributed by atoms with Crippen LogP contribution < -0.4 is 5.56 Å². The molecule has 3 rings (SSSR count). The van der Waals surface area contributed by atoms with Gasteiger partial charge in [0, 0.05) is 13.1 Å².